The van der Waals surface area contributed by atoms with Gasteiger partial charge < -0.3 is 20.1 Å². The molecular formula is C20H26N2O3. The van der Waals surface area contributed by atoms with Gasteiger partial charge in [-0.2, -0.15) is 0 Å². The van der Waals surface area contributed by atoms with Gasteiger partial charge in [-0.1, -0.05) is 32.9 Å². The molecule has 5 nitrogen and oxygen atoms in total. The van der Waals surface area contributed by atoms with E-state index in [9.17, 15) is 4.79 Å². The van der Waals surface area contributed by atoms with E-state index >= 15 is 0 Å². The summed E-state index contributed by atoms with van der Waals surface area (Å²) in [6.45, 7) is 6.69. The first kappa shape index (κ1) is 18.6. The maximum atomic E-state index is 12.2. The number of benzene rings is 2. The lowest BCUT2D eigenvalue weighted by atomic mass is 9.87. The number of hydrogen-bond acceptors (Lipinski definition) is 4. The fourth-order valence-corrected chi connectivity index (χ4v) is 2.37. The number of ether oxygens (including phenoxy) is 2. The minimum Gasteiger partial charge on any atom is -0.497 e. The zero-order chi connectivity index (χ0) is 18.4. The molecule has 25 heavy (non-hydrogen) atoms. The van der Waals surface area contributed by atoms with E-state index in [0.717, 1.165) is 5.69 Å². The second-order valence-corrected chi connectivity index (χ2v) is 6.80. The van der Waals surface area contributed by atoms with Crippen molar-refractivity contribution in [2.75, 3.05) is 31.4 Å². The van der Waals surface area contributed by atoms with Gasteiger partial charge in [0.05, 0.1) is 26.5 Å². The first-order valence-electron chi connectivity index (χ1n) is 8.20. The highest BCUT2D eigenvalue weighted by atomic mass is 16.5. The van der Waals surface area contributed by atoms with Gasteiger partial charge in [-0.05, 0) is 35.2 Å². The third kappa shape index (κ3) is 5.14. The second kappa shape index (κ2) is 7.92. The SMILES string of the molecule is COc1ccc(NC(=O)CNc2ccc(C(C)(C)C)cc2)c(OC)c1. The first-order valence-corrected chi connectivity index (χ1v) is 8.20. The molecule has 2 N–H and O–H groups in total. The molecule has 2 rings (SSSR count). The van der Waals surface area contributed by atoms with Crippen molar-refractivity contribution in [1.29, 1.82) is 0 Å². The summed E-state index contributed by atoms with van der Waals surface area (Å²) in [5, 5.41) is 5.96. The second-order valence-electron chi connectivity index (χ2n) is 6.80. The molecule has 2 aromatic rings. The summed E-state index contributed by atoms with van der Waals surface area (Å²) in [5.74, 6) is 1.08. The van der Waals surface area contributed by atoms with Crippen LogP contribution in [-0.4, -0.2) is 26.7 Å². The Labute approximate surface area is 149 Å². The summed E-state index contributed by atoms with van der Waals surface area (Å²) in [7, 11) is 3.14. The number of carbonyl (C=O) groups excluding carboxylic acids is 1. The Morgan fingerprint density at radius 3 is 2.24 bits per heavy atom. The topological polar surface area (TPSA) is 59.6 Å². The molecular weight excluding hydrogens is 316 g/mol. The number of hydrogen-bond donors (Lipinski definition) is 2. The minimum atomic E-state index is -0.150. The van der Waals surface area contributed by atoms with E-state index in [1.54, 1.807) is 32.4 Å². The summed E-state index contributed by atoms with van der Waals surface area (Å²) in [4.78, 5) is 12.2. The van der Waals surface area contributed by atoms with Crippen LogP contribution in [0.25, 0.3) is 0 Å². The maximum Gasteiger partial charge on any atom is 0.243 e. The van der Waals surface area contributed by atoms with Gasteiger partial charge in [-0.3, -0.25) is 4.79 Å². The maximum absolute atomic E-state index is 12.2. The number of rotatable bonds is 6. The molecule has 2 aromatic carbocycles. The molecule has 5 heteroatoms. The molecule has 0 spiro atoms. The summed E-state index contributed by atoms with van der Waals surface area (Å²) in [5.41, 5.74) is 2.88. The van der Waals surface area contributed by atoms with Crippen molar-refractivity contribution < 1.29 is 14.3 Å². The molecule has 0 radical (unpaired) electrons. The van der Waals surface area contributed by atoms with E-state index < -0.39 is 0 Å². The summed E-state index contributed by atoms with van der Waals surface area (Å²) < 4.78 is 10.4. The predicted molar refractivity (Wildman–Crippen MR) is 102 cm³/mol. The molecule has 0 fully saturated rings. The molecule has 0 aromatic heterocycles. The molecule has 0 aliphatic carbocycles. The van der Waals surface area contributed by atoms with Gasteiger partial charge in [-0.15, -0.1) is 0 Å². The lowest BCUT2D eigenvalue weighted by molar-refractivity contribution is -0.114. The van der Waals surface area contributed by atoms with Crippen LogP contribution in [0.5, 0.6) is 11.5 Å². The van der Waals surface area contributed by atoms with Crippen LogP contribution >= 0.6 is 0 Å². The van der Waals surface area contributed by atoms with Crippen LogP contribution in [0.15, 0.2) is 42.5 Å². The smallest absolute Gasteiger partial charge is 0.243 e. The minimum absolute atomic E-state index is 0.112. The van der Waals surface area contributed by atoms with E-state index in [0.29, 0.717) is 17.2 Å². The number of anilines is 2. The van der Waals surface area contributed by atoms with Gasteiger partial charge >= 0.3 is 0 Å². The fourth-order valence-electron chi connectivity index (χ4n) is 2.37. The lowest BCUT2D eigenvalue weighted by Crippen LogP contribution is -2.22. The highest BCUT2D eigenvalue weighted by Crippen LogP contribution is 2.29. The molecule has 0 bridgehead atoms. The van der Waals surface area contributed by atoms with Crippen molar-refractivity contribution >= 4 is 17.3 Å². The quantitative estimate of drug-likeness (QED) is 0.831. The average Bonchev–Trinajstić information content (AvgIpc) is 2.60. The van der Waals surface area contributed by atoms with Crippen LogP contribution in [0.4, 0.5) is 11.4 Å². The van der Waals surface area contributed by atoms with Crippen LogP contribution in [0.3, 0.4) is 0 Å². The average molecular weight is 342 g/mol. The fraction of sp³-hybridized carbons (Fsp3) is 0.350. The molecule has 0 atom stereocenters. The third-order valence-corrected chi connectivity index (χ3v) is 3.89. The zero-order valence-electron chi connectivity index (χ0n) is 15.5. The Kier molecular flexibility index (Phi) is 5.91. The van der Waals surface area contributed by atoms with Gasteiger partial charge in [-0.25, -0.2) is 0 Å². The van der Waals surface area contributed by atoms with E-state index in [1.165, 1.54) is 5.56 Å². The highest BCUT2D eigenvalue weighted by molar-refractivity contribution is 5.95. The van der Waals surface area contributed by atoms with Gasteiger partial charge in [0.25, 0.3) is 0 Å². The van der Waals surface area contributed by atoms with Crippen LogP contribution in [-0.2, 0) is 10.2 Å². The Morgan fingerprint density at radius 1 is 1.00 bits per heavy atom. The van der Waals surface area contributed by atoms with Crippen molar-refractivity contribution in [3.05, 3.63) is 48.0 Å². The van der Waals surface area contributed by atoms with Gasteiger partial charge in [0.2, 0.25) is 5.91 Å². The molecule has 1 amide bonds. The Balaban J connectivity index is 1.95. The molecule has 0 aliphatic heterocycles. The van der Waals surface area contributed by atoms with E-state index in [-0.39, 0.29) is 17.9 Å². The lowest BCUT2D eigenvalue weighted by Gasteiger charge is -2.19. The van der Waals surface area contributed by atoms with Gasteiger partial charge in [0.1, 0.15) is 11.5 Å². The van der Waals surface area contributed by atoms with Crippen molar-refractivity contribution in [3.8, 4) is 11.5 Å². The van der Waals surface area contributed by atoms with Gasteiger partial charge in [0.15, 0.2) is 0 Å². The number of nitrogens with one attached hydrogen (secondary N) is 2. The molecule has 0 unspecified atom stereocenters. The third-order valence-electron chi connectivity index (χ3n) is 3.89. The number of amides is 1. The summed E-state index contributed by atoms with van der Waals surface area (Å²) in [6, 6.07) is 13.4. The van der Waals surface area contributed by atoms with Crippen LogP contribution in [0, 0.1) is 0 Å². The first-order chi connectivity index (χ1) is 11.8. The van der Waals surface area contributed by atoms with Crippen molar-refractivity contribution in [2.45, 2.75) is 26.2 Å². The van der Waals surface area contributed by atoms with E-state index in [1.807, 2.05) is 12.1 Å². The van der Waals surface area contributed by atoms with Crippen LogP contribution < -0.4 is 20.1 Å². The van der Waals surface area contributed by atoms with E-state index in [2.05, 4.69) is 43.5 Å². The molecule has 134 valence electrons. The zero-order valence-corrected chi connectivity index (χ0v) is 15.5. The highest BCUT2D eigenvalue weighted by Gasteiger charge is 2.13. The van der Waals surface area contributed by atoms with Crippen LogP contribution in [0.2, 0.25) is 0 Å². The molecule has 0 saturated carbocycles. The molecule has 0 aliphatic rings. The Bertz CT molecular complexity index is 719. The van der Waals surface area contributed by atoms with Gasteiger partial charge in [0, 0.05) is 11.8 Å². The van der Waals surface area contributed by atoms with Crippen molar-refractivity contribution in [3.63, 3.8) is 0 Å². The Hall–Kier alpha value is -2.69. The molecule has 0 heterocycles. The monoisotopic (exact) mass is 342 g/mol. The largest absolute Gasteiger partial charge is 0.497 e. The number of methoxy groups -OCH3 is 2. The normalized spacial score (nSPS) is 10.9. The predicted octanol–water partition coefficient (Wildman–Crippen LogP) is 4.05. The summed E-state index contributed by atoms with van der Waals surface area (Å²) >= 11 is 0. The standard InChI is InChI=1S/C20H26N2O3/c1-20(2,3)14-6-8-15(9-7-14)21-13-19(23)22-17-11-10-16(24-4)12-18(17)25-5/h6-12,21H,13H2,1-5H3,(H,22,23). The van der Waals surface area contributed by atoms with Crippen molar-refractivity contribution in [1.82, 2.24) is 0 Å². The van der Waals surface area contributed by atoms with E-state index in [4.69, 9.17) is 9.47 Å². The Morgan fingerprint density at radius 2 is 1.68 bits per heavy atom. The molecule has 0 saturated heterocycles. The summed E-state index contributed by atoms with van der Waals surface area (Å²) in [6.07, 6.45) is 0. The number of carbonyl (C=O) groups is 1. The van der Waals surface area contributed by atoms with Crippen LogP contribution in [0.1, 0.15) is 26.3 Å². The van der Waals surface area contributed by atoms with Crippen molar-refractivity contribution in [2.24, 2.45) is 0 Å².